The average molecular weight is 250 g/mol. The predicted octanol–water partition coefficient (Wildman–Crippen LogP) is 1.89. The second-order valence-electron chi connectivity index (χ2n) is 3.91. The Kier molecular flexibility index (Phi) is 2.86. The van der Waals surface area contributed by atoms with Crippen molar-refractivity contribution in [3.8, 4) is 22.9 Å². The Hall–Kier alpha value is -2.82. The summed E-state index contributed by atoms with van der Waals surface area (Å²) in [5.41, 5.74) is 0.972. The fourth-order valence-electron chi connectivity index (χ4n) is 1.72. The van der Waals surface area contributed by atoms with Crippen LogP contribution >= 0.6 is 0 Å². The number of benzene rings is 1. The first-order valence-electron chi connectivity index (χ1n) is 5.78. The van der Waals surface area contributed by atoms with E-state index in [1.807, 2.05) is 36.4 Å². The highest BCUT2D eigenvalue weighted by molar-refractivity contribution is 5.57. The molecule has 1 N–H and O–H groups in total. The Balaban J connectivity index is 2.15. The Labute approximate surface area is 109 Å². The van der Waals surface area contributed by atoms with Crippen molar-refractivity contribution in [2.24, 2.45) is 0 Å². The highest BCUT2D eigenvalue weighted by Gasteiger charge is 2.07. The molecule has 0 radical (unpaired) electrons. The smallest absolute Gasteiger partial charge is 0.288 e. The number of nitrogens with one attached hydrogen (secondary N) is 1. The van der Waals surface area contributed by atoms with Crippen LogP contribution in [0.1, 0.15) is 0 Å². The number of pyridine rings is 1. The summed E-state index contributed by atoms with van der Waals surface area (Å²) in [5, 5.41) is 0. The van der Waals surface area contributed by atoms with Crippen LogP contribution in [0.3, 0.4) is 0 Å². The molecule has 3 rings (SSSR count). The quantitative estimate of drug-likeness (QED) is 0.754. The third-order valence-electron chi connectivity index (χ3n) is 2.59. The van der Waals surface area contributed by atoms with Gasteiger partial charge in [0.15, 0.2) is 11.6 Å². The molecule has 0 bridgehead atoms. The maximum atomic E-state index is 11.6. The number of hydrogen-bond donors (Lipinski definition) is 1. The van der Waals surface area contributed by atoms with Crippen LogP contribution in [0, 0.1) is 0 Å². The van der Waals surface area contributed by atoms with Gasteiger partial charge in [0.2, 0.25) is 0 Å². The molecule has 92 valence electrons. The molecule has 2 heterocycles. The summed E-state index contributed by atoms with van der Waals surface area (Å²) in [5.74, 6) is 0.810. The van der Waals surface area contributed by atoms with E-state index in [2.05, 4.69) is 19.9 Å². The summed E-state index contributed by atoms with van der Waals surface area (Å²) >= 11 is 0. The van der Waals surface area contributed by atoms with E-state index in [1.54, 1.807) is 18.3 Å². The maximum Gasteiger partial charge on any atom is 0.348 e. The van der Waals surface area contributed by atoms with Crippen LogP contribution in [-0.4, -0.2) is 19.9 Å². The van der Waals surface area contributed by atoms with Gasteiger partial charge in [0.25, 0.3) is 0 Å². The largest absolute Gasteiger partial charge is 0.348 e. The van der Waals surface area contributed by atoms with E-state index < -0.39 is 5.69 Å². The summed E-state index contributed by atoms with van der Waals surface area (Å²) in [6.07, 6.45) is 1.65. The van der Waals surface area contributed by atoms with Gasteiger partial charge in [-0.3, -0.25) is 9.97 Å². The second kappa shape index (κ2) is 4.81. The molecule has 0 aliphatic rings. The minimum Gasteiger partial charge on any atom is -0.288 e. The SMILES string of the molecule is O=c1nc(-c2ccccc2)nc(-c2ccccn2)[nH]1. The highest BCUT2D eigenvalue weighted by atomic mass is 16.1. The van der Waals surface area contributed by atoms with Crippen molar-refractivity contribution in [2.45, 2.75) is 0 Å². The zero-order valence-electron chi connectivity index (χ0n) is 9.95. The van der Waals surface area contributed by atoms with E-state index in [9.17, 15) is 4.79 Å². The van der Waals surface area contributed by atoms with Crippen molar-refractivity contribution in [1.29, 1.82) is 0 Å². The summed E-state index contributed by atoms with van der Waals surface area (Å²) in [6, 6.07) is 14.8. The summed E-state index contributed by atoms with van der Waals surface area (Å²) < 4.78 is 0. The van der Waals surface area contributed by atoms with Crippen molar-refractivity contribution >= 4 is 0 Å². The monoisotopic (exact) mass is 250 g/mol. The zero-order chi connectivity index (χ0) is 13.1. The van der Waals surface area contributed by atoms with Gasteiger partial charge in [0, 0.05) is 11.8 Å². The fraction of sp³-hybridized carbons (Fsp3) is 0. The topological polar surface area (TPSA) is 71.5 Å². The fourth-order valence-corrected chi connectivity index (χ4v) is 1.72. The van der Waals surface area contributed by atoms with Gasteiger partial charge in [-0.1, -0.05) is 36.4 Å². The normalized spacial score (nSPS) is 10.3. The Morgan fingerprint density at radius 3 is 2.42 bits per heavy atom. The number of aromatic nitrogens is 4. The first kappa shape index (κ1) is 11.3. The maximum absolute atomic E-state index is 11.6. The molecule has 0 spiro atoms. The van der Waals surface area contributed by atoms with Crippen LogP contribution in [0.4, 0.5) is 0 Å². The highest BCUT2D eigenvalue weighted by Crippen LogP contribution is 2.15. The lowest BCUT2D eigenvalue weighted by atomic mass is 10.2. The molecule has 5 heteroatoms. The van der Waals surface area contributed by atoms with Gasteiger partial charge in [-0.15, -0.1) is 0 Å². The lowest BCUT2D eigenvalue weighted by molar-refractivity contribution is 0.994. The number of aromatic amines is 1. The van der Waals surface area contributed by atoms with E-state index >= 15 is 0 Å². The molecule has 1 aromatic carbocycles. The molecular formula is C14H10N4O. The molecule has 0 unspecified atom stereocenters. The van der Waals surface area contributed by atoms with E-state index in [-0.39, 0.29) is 0 Å². The molecule has 0 saturated carbocycles. The van der Waals surface area contributed by atoms with E-state index in [4.69, 9.17) is 0 Å². The van der Waals surface area contributed by atoms with E-state index in [0.717, 1.165) is 5.56 Å². The zero-order valence-corrected chi connectivity index (χ0v) is 9.95. The van der Waals surface area contributed by atoms with Crippen LogP contribution in [0.5, 0.6) is 0 Å². The van der Waals surface area contributed by atoms with Gasteiger partial charge in [0.1, 0.15) is 5.69 Å². The molecular weight excluding hydrogens is 240 g/mol. The number of nitrogens with zero attached hydrogens (tertiary/aromatic N) is 3. The molecule has 0 atom stereocenters. The molecule has 0 fully saturated rings. The molecule has 2 aromatic heterocycles. The van der Waals surface area contributed by atoms with Gasteiger partial charge < -0.3 is 0 Å². The lowest BCUT2D eigenvalue weighted by Crippen LogP contribution is -2.14. The third-order valence-corrected chi connectivity index (χ3v) is 2.59. The Morgan fingerprint density at radius 1 is 0.895 bits per heavy atom. The van der Waals surface area contributed by atoms with E-state index in [1.165, 1.54) is 0 Å². The van der Waals surface area contributed by atoms with Crippen LogP contribution in [0.2, 0.25) is 0 Å². The van der Waals surface area contributed by atoms with Gasteiger partial charge in [-0.05, 0) is 12.1 Å². The number of hydrogen-bond acceptors (Lipinski definition) is 4. The molecule has 19 heavy (non-hydrogen) atoms. The Bertz CT molecular complexity index is 677. The first-order valence-corrected chi connectivity index (χ1v) is 5.78. The van der Waals surface area contributed by atoms with Gasteiger partial charge in [-0.2, -0.15) is 4.98 Å². The van der Waals surface area contributed by atoms with E-state index in [0.29, 0.717) is 17.3 Å². The molecule has 5 nitrogen and oxygen atoms in total. The lowest BCUT2D eigenvalue weighted by Gasteiger charge is -2.02. The summed E-state index contributed by atoms with van der Waals surface area (Å²) in [4.78, 5) is 26.6. The van der Waals surface area contributed by atoms with Crippen molar-refractivity contribution in [3.63, 3.8) is 0 Å². The minimum absolute atomic E-state index is 0.394. The summed E-state index contributed by atoms with van der Waals surface area (Å²) in [6.45, 7) is 0. The van der Waals surface area contributed by atoms with Gasteiger partial charge in [0.05, 0.1) is 0 Å². The van der Waals surface area contributed by atoms with Crippen LogP contribution < -0.4 is 5.69 Å². The molecule has 0 aliphatic carbocycles. The van der Waals surface area contributed by atoms with Crippen molar-refractivity contribution < 1.29 is 0 Å². The molecule has 3 aromatic rings. The third kappa shape index (κ3) is 2.40. The number of H-pyrrole nitrogens is 1. The number of rotatable bonds is 2. The Morgan fingerprint density at radius 2 is 1.68 bits per heavy atom. The van der Waals surface area contributed by atoms with Crippen molar-refractivity contribution in [2.75, 3.05) is 0 Å². The van der Waals surface area contributed by atoms with Crippen molar-refractivity contribution in [3.05, 3.63) is 65.2 Å². The molecule has 0 aliphatic heterocycles. The first-order chi connectivity index (χ1) is 9.33. The summed E-state index contributed by atoms with van der Waals surface area (Å²) in [7, 11) is 0. The van der Waals surface area contributed by atoms with Crippen LogP contribution in [0.15, 0.2) is 59.5 Å². The van der Waals surface area contributed by atoms with Crippen LogP contribution in [-0.2, 0) is 0 Å². The molecule has 0 amide bonds. The molecule has 0 saturated heterocycles. The standard InChI is InChI=1S/C14H10N4O/c19-14-17-12(10-6-2-1-3-7-10)16-13(18-14)11-8-4-5-9-15-11/h1-9H,(H,16,17,18,19). The van der Waals surface area contributed by atoms with Gasteiger partial charge >= 0.3 is 5.69 Å². The minimum atomic E-state index is -0.436. The average Bonchev–Trinajstić information content (AvgIpc) is 2.48. The second-order valence-corrected chi connectivity index (χ2v) is 3.91. The van der Waals surface area contributed by atoms with Crippen LogP contribution in [0.25, 0.3) is 22.9 Å². The predicted molar refractivity (Wildman–Crippen MR) is 71.3 cm³/mol. The van der Waals surface area contributed by atoms with Crippen molar-refractivity contribution in [1.82, 2.24) is 19.9 Å². The van der Waals surface area contributed by atoms with Gasteiger partial charge in [-0.25, -0.2) is 9.78 Å².